The van der Waals surface area contributed by atoms with E-state index in [4.69, 9.17) is 0 Å². The summed E-state index contributed by atoms with van der Waals surface area (Å²) in [6, 6.07) is 0. The maximum absolute atomic E-state index is 12.0. The first-order valence-electron chi connectivity index (χ1n) is 13.6. The highest BCUT2D eigenvalue weighted by atomic mass is 16.4. The number of aliphatic carboxylic acids is 1. The summed E-state index contributed by atoms with van der Waals surface area (Å²) >= 11 is 0. The number of carboxylic acid groups (broad SMARTS) is 1. The van der Waals surface area contributed by atoms with Gasteiger partial charge in [-0.1, -0.05) is 34.6 Å². The Morgan fingerprint density at radius 2 is 1.59 bits per heavy atom. The van der Waals surface area contributed by atoms with Crippen molar-refractivity contribution in [2.24, 2.45) is 58.2 Å². The van der Waals surface area contributed by atoms with Gasteiger partial charge in [0.2, 0.25) is 0 Å². The van der Waals surface area contributed by atoms with Crippen molar-refractivity contribution in [1.82, 2.24) is 0 Å². The summed E-state index contributed by atoms with van der Waals surface area (Å²) < 4.78 is 0. The minimum Gasteiger partial charge on any atom is -0.481 e. The molecule has 0 radical (unpaired) electrons. The van der Waals surface area contributed by atoms with Gasteiger partial charge in [-0.25, -0.2) is 0 Å². The number of hydrogen-bond acceptors (Lipinski definition) is 3. The van der Waals surface area contributed by atoms with Crippen LogP contribution >= 0.6 is 0 Å². The van der Waals surface area contributed by atoms with Crippen molar-refractivity contribution in [3.8, 4) is 0 Å². The van der Waals surface area contributed by atoms with E-state index in [1.165, 1.54) is 25.7 Å². The van der Waals surface area contributed by atoms with Crippen LogP contribution in [0.15, 0.2) is 0 Å². The van der Waals surface area contributed by atoms with Gasteiger partial charge in [0.1, 0.15) is 0 Å². The maximum atomic E-state index is 12.0. The summed E-state index contributed by atoms with van der Waals surface area (Å²) in [4.78, 5) is 11.2. The molecule has 0 saturated heterocycles. The minimum atomic E-state index is -0.682. The van der Waals surface area contributed by atoms with Gasteiger partial charge in [-0.3, -0.25) is 4.79 Å². The molecule has 4 heteroatoms. The Labute approximate surface area is 195 Å². The van der Waals surface area contributed by atoms with E-state index in [1.54, 1.807) is 0 Å². The van der Waals surface area contributed by atoms with Crippen LogP contribution in [0.5, 0.6) is 0 Å². The zero-order valence-electron chi connectivity index (χ0n) is 21.1. The maximum Gasteiger partial charge on any atom is 0.303 e. The summed E-state index contributed by atoms with van der Waals surface area (Å²) in [5, 5.41) is 31.7. The van der Waals surface area contributed by atoms with Gasteiger partial charge in [0.25, 0.3) is 0 Å². The predicted octanol–water partition coefficient (Wildman–Crippen LogP) is 5.75. The smallest absolute Gasteiger partial charge is 0.303 e. The molecule has 0 aromatic heterocycles. The molecule has 11 atom stereocenters. The number of aliphatic hydroxyl groups is 2. The third-order valence-electron chi connectivity index (χ3n) is 11.2. The fourth-order valence-electron chi connectivity index (χ4n) is 9.81. The Balaban J connectivity index is 1.63. The van der Waals surface area contributed by atoms with E-state index >= 15 is 0 Å². The monoisotopic (exact) mass is 448 g/mol. The lowest BCUT2D eigenvalue weighted by Gasteiger charge is -2.65. The van der Waals surface area contributed by atoms with Crippen molar-refractivity contribution in [2.75, 3.05) is 0 Å². The Kier molecular flexibility index (Phi) is 6.80. The molecule has 0 heterocycles. The quantitative estimate of drug-likeness (QED) is 0.483. The normalized spacial score (nSPS) is 49.2. The number of carboxylic acids is 1. The van der Waals surface area contributed by atoms with Gasteiger partial charge in [-0.15, -0.1) is 0 Å². The third-order valence-corrected chi connectivity index (χ3v) is 11.2. The highest BCUT2D eigenvalue weighted by molar-refractivity contribution is 5.66. The molecule has 0 aromatic rings. The summed E-state index contributed by atoms with van der Waals surface area (Å²) in [6.07, 6.45) is 9.29. The van der Waals surface area contributed by atoms with Crippen LogP contribution in [0.3, 0.4) is 0 Å². The van der Waals surface area contributed by atoms with Crippen molar-refractivity contribution < 1.29 is 20.1 Å². The average molecular weight is 449 g/mol. The van der Waals surface area contributed by atoms with Crippen molar-refractivity contribution in [3.05, 3.63) is 0 Å². The highest BCUT2D eigenvalue weighted by Gasteiger charge is 2.65. The average Bonchev–Trinajstić information content (AvgIpc) is 3.07. The predicted molar refractivity (Wildman–Crippen MR) is 127 cm³/mol. The van der Waals surface area contributed by atoms with Crippen LogP contribution in [0.1, 0.15) is 98.8 Å². The van der Waals surface area contributed by atoms with E-state index in [0.717, 1.165) is 32.1 Å². The van der Waals surface area contributed by atoms with Crippen LogP contribution in [0.2, 0.25) is 0 Å². The second kappa shape index (κ2) is 8.87. The molecule has 0 spiro atoms. The van der Waals surface area contributed by atoms with E-state index in [1.807, 2.05) is 0 Å². The number of carbonyl (C=O) groups is 1. The van der Waals surface area contributed by atoms with E-state index < -0.39 is 5.97 Å². The first-order valence-corrected chi connectivity index (χ1v) is 13.6. The first kappa shape index (κ1) is 24.5. The number of rotatable bonds is 6. The van der Waals surface area contributed by atoms with E-state index in [2.05, 4.69) is 34.6 Å². The third kappa shape index (κ3) is 3.96. The van der Waals surface area contributed by atoms with Crippen molar-refractivity contribution in [3.63, 3.8) is 0 Å². The Bertz CT molecular complexity index is 691. The molecule has 4 saturated carbocycles. The molecular weight excluding hydrogens is 400 g/mol. The molecule has 184 valence electrons. The lowest BCUT2D eigenvalue weighted by atomic mass is 9.41. The van der Waals surface area contributed by atoms with Gasteiger partial charge in [0.05, 0.1) is 12.2 Å². The topological polar surface area (TPSA) is 77.8 Å². The molecule has 0 aliphatic heterocycles. The highest BCUT2D eigenvalue weighted by Crippen LogP contribution is 2.69. The van der Waals surface area contributed by atoms with Crippen LogP contribution in [0, 0.1) is 58.2 Å². The molecule has 0 amide bonds. The van der Waals surface area contributed by atoms with E-state index in [9.17, 15) is 20.1 Å². The lowest BCUT2D eigenvalue weighted by molar-refractivity contribution is -0.205. The van der Waals surface area contributed by atoms with Gasteiger partial charge < -0.3 is 15.3 Å². The molecule has 0 aromatic carbocycles. The lowest BCUT2D eigenvalue weighted by Crippen LogP contribution is -2.62. The second-order valence-electron chi connectivity index (χ2n) is 13.3. The molecular formula is C28H48O4. The van der Waals surface area contributed by atoms with E-state index in [0.29, 0.717) is 47.3 Å². The summed E-state index contributed by atoms with van der Waals surface area (Å²) in [5.74, 6) is 3.07. The fraction of sp³-hybridized carbons (Fsp3) is 0.964. The zero-order valence-corrected chi connectivity index (χ0v) is 21.1. The van der Waals surface area contributed by atoms with Crippen molar-refractivity contribution in [2.45, 2.75) is 111 Å². The van der Waals surface area contributed by atoms with E-state index in [-0.39, 0.29) is 29.5 Å². The van der Waals surface area contributed by atoms with Crippen LogP contribution in [0.4, 0.5) is 0 Å². The number of fused-ring (bicyclic) bond motifs is 5. The SMILES string of the molecule is CC(C)CC1C(O)C2C(CC[C@@]3(C)C2CCC3[C@H](C)CCC(=O)O)[C@@]2(C)CC[C@@H](O)CC12. The Hall–Kier alpha value is -0.610. The molecule has 32 heavy (non-hydrogen) atoms. The van der Waals surface area contributed by atoms with Gasteiger partial charge >= 0.3 is 5.97 Å². The largest absolute Gasteiger partial charge is 0.481 e. The summed E-state index contributed by atoms with van der Waals surface area (Å²) in [6.45, 7) is 11.8. The molecule has 7 unspecified atom stereocenters. The molecule has 4 fully saturated rings. The van der Waals surface area contributed by atoms with Crippen LogP contribution in [-0.2, 0) is 4.79 Å². The summed E-state index contributed by atoms with van der Waals surface area (Å²) in [7, 11) is 0. The Morgan fingerprint density at radius 3 is 2.25 bits per heavy atom. The van der Waals surface area contributed by atoms with Crippen LogP contribution in [0.25, 0.3) is 0 Å². The summed E-state index contributed by atoms with van der Waals surface area (Å²) in [5.41, 5.74) is 0.455. The second-order valence-corrected chi connectivity index (χ2v) is 13.3. The van der Waals surface area contributed by atoms with Crippen molar-refractivity contribution >= 4 is 5.97 Å². The number of hydrogen-bond donors (Lipinski definition) is 3. The molecule has 3 N–H and O–H groups in total. The molecule has 4 aliphatic rings. The Morgan fingerprint density at radius 1 is 0.938 bits per heavy atom. The van der Waals surface area contributed by atoms with Gasteiger partial charge in [-0.05, 0) is 116 Å². The molecule has 0 bridgehead atoms. The van der Waals surface area contributed by atoms with Gasteiger partial charge in [-0.2, -0.15) is 0 Å². The van der Waals surface area contributed by atoms with Crippen LogP contribution in [-0.4, -0.2) is 33.5 Å². The number of aliphatic hydroxyl groups excluding tert-OH is 2. The molecule has 4 aliphatic carbocycles. The van der Waals surface area contributed by atoms with Crippen molar-refractivity contribution in [1.29, 1.82) is 0 Å². The van der Waals surface area contributed by atoms with Crippen LogP contribution < -0.4 is 0 Å². The molecule has 4 rings (SSSR count). The zero-order chi connectivity index (χ0) is 23.4. The fourth-order valence-corrected chi connectivity index (χ4v) is 9.81. The first-order chi connectivity index (χ1) is 15.0. The standard InChI is InChI=1S/C28H48O4/c1-16(2)14-19-23-15-18(29)10-12-28(23,5)22-11-13-27(4)20(17(3)6-9-24(30)31)7-8-21(27)25(22)26(19)32/h16-23,25-26,29,32H,6-15H2,1-5H3,(H,30,31)/t17-,18-,19?,20?,21?,22?,23?,25?,26?,27-,28-/m1/s1. The molecule has 4 nitrogen and oxygen atoms in total. The minimum absolute atomic E-state index is 0.203. The van der Waals surface area contributed by atoms with Gasteiger partial charge in [0, 0.05) is 6.42 Å². The van der Waals surface area contributed by atoms with Gasteiger partial charge in [0.15, 0.2) is 0 Å².